The molecule has 4 rings (SSSR count). The predicted molar refractivity (Wildman–Crippen MR) is 126 cm³/mol. The van der Waals surface area contributed by atoms with Gasteiger partial charge in [0.05, 0.1) is 11.4 Å². The van der Waals surface area contributed by atoms with E-state index in [0.29, 0.717) is 11.5 Å². The SMILES string of the molecule is Cc1nnnn1-c1ccc(F)c(NC(=O)[C@H](Cc2ccccc2)NC(=O)OCc2ccccc2)c1. The van der Waals surface area contributed by atoms with Gasteiger partial charge in [-0.05, 0) is 46.7 Å². The van der Waals surface area contributed by atoms with E-state index in [0.717, 1.165) is 11.1 Å². The molecule has 0 aliphatic rings. The third kappa shape index (κ3) is 6.26. The normalized spacial score (nSPS) is 11.5. The zero-order valence-corrected chi connectivity index (χ0v) is 18.9. The second-order valence-corrected chi connectivity index (χ2v) is 7.74. The molecule has 2 N–H and O–H groups in total. The minimum absolute atomic E-state index is 0.0499. The zero-order chi connectivity index (χ0) is 24.6. The summed E-state index contributed by atoms with van der Waals surface area (Å²) in [5, 5.41) is 16.4. The summed E-state index contributed by atoms with van der Waals surface area (Å²) in [7, 11) is 0. The van der Waals surface area contributed by atoms with Crippen molar-refractivity contribution in [1.82, 2.24) is 25.5 Å². The van der Waals surface area contributed by atoms with E-state index in [1.807, 2.05) is 60.7 Å². The Kier molecular flexibility index (Phi) is 7.41. The van der Waals surface area contributed by atoms with Crippen LogP contribution in [0.2, 0.25) is 0 Å². The minimum Gasteiger partial charge on any atom is -0.445 e. The largest absolute Gasteiger partial charge is 0.445 e. The molecule has 1 atom stereocenters. The summed E-state index contributed by atoms with van der Waals surface area (Å²) in [6, 6.07) is 21.5. The van der Waals surface area contributed by atoms with Gasteiger partial charge in [0, 0.05) is 6.42 Å². The molecular formula is C25H23FN6O3. The first-order chi connectivity index (χ1) is 17.0. The number of ether oxygens (including phenoxy) is 1. The van der Waals surface area contributed by atoms with E-state index >= 15 is 0 Å². The molecule has 0 aliphatic heterocycles. The molecule has 0 aliphatic carbocycles. The van der Waals surface area contributed by atoms with Gasteiger partial charge in [0.2, 0.25) is 5.91 Å². The van der Waals surface area contributed by atoms with Crippen LogP contribution in [-0.4, -0.2) is 38.2 Å². The molecule has 10 heteroatoms. The van der Waals surface area contributed by atoms with Crippen molar-refractivity contribution in [2.45, 2.75) is 26.0 Å². The number of aryl methyl sites for hydroxylation is 1. The maximum absolute atomic E-state index is 14.5. The van der Waals surface area contributed by atoms with Gasteiger partial charge in [-0.2, -0.15) is 4.68 Å². The highest BCUT2D eigenvalue weighted by Crippen LogP contribution is 2.20. The lowest BCUT2D eigenvalue weighted by atomic mass is 10.1. The van der Waals surface area contributed by atoms with Crippen molar-refractivity contribution in [3.05, 3.63) is 102 Å². The van der Waals surface area contributed by atoms with Crippen molar-refractivity contribution in [3.8, 4) is 5.69 Å². The van der Waals surface area contributed by atoms with Crippen LogP contribution in [-0.2, 0) is 22.6 Å². The quantitative estimate of drug-likeness (QED) is 0.404. The maximum atomic E-state index is 14.5. The standard InChI is InChI=1S/C25H23FN6O3/c1-17-29-30-31-32(17)20-12-13-21(26)22(15-20)27-24(33)23(14-18-8-4-2-5-9-18)28-25(34)35-16-19-10-6-3-7-11-19/h2-13,15,23H,14,16H2,1H3,(H,27,33)(H,28,34)/t23-/m0/s1. The van der Waals surface area contributed by atoms with Crippen LogP contribution in [0.25, 0.3) is 5.69 Å². The van der Waals surface area contributed by atoms with Crippen LogP contribution < -0.4 is 10.6 Å². The molecule has 9 nitrogen and oxygen atoms in total. The highest BCUT2D eigenvalue weighted by atomic mass is 19.1. The predicted octanol–water partition coefficient (Wildman–Crippen LogP) is 3.59. The lowest BCUT2D eigenvalue weighted by molar-refractivity contribution is -0.118. The molecular weight excluding hydrogens is 451 g/mol. The van der Waals surface area contributed by atoms with E-state index in [9.17, 15) is 14.0 Å². The van der Waals surface area contributed by atoms with Crippen LogP contribution in [0.1, 0.15) is 17.0 Å². The number of rotatable bonds is 8. The number of nitrogens with one attached hydrogen (secondary N) is 2. The van der Waals surface area contributed by atoms with Gasteiger partial charge >= 0.3 is 6.09 Å². The topological polar surface area (TPSA) is 111 Å². The first kappa shape index (κ1) is 23.6. The fourth-order valence-corrected chi connectivity index (χ4v) is 3.40. The second-order valence-electron chi connectivity index (χ2n) is 7.74. The van der Waals surface area contributed by atoms with E-state index in [1.54, 1.807) is 6.92 Å². The third-order valence-electron chi connectivity index (χ3n) is 5.18. The Morgan fingerprint density at radius 3 is 2.34 bits per heavy atom. The number of aromatic nitrogens is 4. The number of hydrogen-bond donors (Lipinski definition) is 2. The number of carbonyl (C=O) groups excluding carboxylic acids is 2. The molecule has 0 bridgehead atoms. The van der Waals surface area contributed by atoms with E-state index in [1.165, 1.54) is 22.9 Å². The lowest BCUT2D eigenvalue weighted by Gasteiger charge is -2.19. The number of hydrogen-bond acceptors (Lipinski definition) is 6. The highest BCUT2D eigenvalue weighted by Gasteiger charge is 2.23. The summed E-state index contributed by atoms with van der Waals surface area (Å²) in [5.74, 6) is -0.744. The molecule has 3 aromatic carbocycles. The van der Waals surface area contributed by atoms with Crippen molar-refractivity contribution in [1.29, 1.82) is 0 Å². The van der Waals surface area contributed by atoms with Gasteiger partial charge in [0.1, 0.15) is 18.5 Å². The Hall–Kier alpha value is -4.60. The molecule has 0 unspecified atom stereocenters. The third-order valence-corrected chi connectivity index (χ3v) is 5.18. The van der Waals surface area contributed by atoms with Crippen molar-refractivity contribution >= 4 is 17.7 Å². The summed E-state index contributed by atoms with van der Waals surface area (Å²) < 4.78 is 21.2. The number of anilines is 1. The molecule has 4 aromatic rings. The molecule has 0 saturated carbocycles. The Bertz CT molecular complexity index is 1300. The van der Waals surface area contributed by atoms with Crippen molar-refractivity contribution < 1.29 is 18.7 Å². The Labute approximate surface area is 200 Å². The second kappa shape index (κ2) is 11.0. The molecule has 178 valence electrons. The first-order valence-corrected chi connectivity index (χ1v) is 10.9. The molecule has 2 amide bonds. The van der Waals surface area contributed by atoms with Gasteiger partial charge in [-0.1, -0.05) is 60.7 Å². The monoisotopic (exact) mass is 474 g/mol. The van der Waals surface area contributed by atoms with E-state index < -0.39 is 23.9 Å². The first-order valence-electron chi connectivity index (χ1n) is 10.9. The highest BCUT2D eigenvalue weighted by molar-refractivity contribution is 5.97. The number of nitrogens with zero attached hydrogens (tertiary/aromatic N) is 4. The number of amides is 2. The Morgan fingerprint density at radius 1 is 1.00 bits per heavy atom. The molecule has 0 spiro atoms. The molecule has 0 radical (unpaired) electrons. The summed E-state index contributed by atoms with van der Waals surface area (Å²) in [5.41, 5.74) is 2.02. The van der Waals surface area contributed by atoms with Gasteiger partial charge in [-0.25, -0.2) is 9.18 Å². The zero-order valence-electron chi connectivity index (χ0n) is 18.9. The van der Waals surface area contributed by atoms with Crippen LogP contribution in [0.5, 0.6) is 0 Å². The molecule has 0 fully saturated rings. The lowest BCUT2D eigenvalue weighted by Crippen LogP contribution is -2.45. The van der Waals surface area contributed by atoms with Gasteiger partial charge in [0.15, 0.2) is 5.82 Å². The molecule has 0 saturated heterocycles. The van der Waals surface area contributed by atoms with E-state index in [2.05, 4.69) is 26.2 Å². The number of benzene rings is 3. The van der Waals surface area contributed by atoms with Crippen LogP contribution >= 0.6 is 0 Å². The summed E-state index contributed by atoms with van der Waals surface area (Å²) >= 11 is 0. The maximum Gasteiger partial charge on any atom is 0.408 e. The molecule has 1 aromatic heterocycles. The van der Waals surface area contributed by atoms with Crippen LogP contribution in [0, 0.1) is 12.7 Å². The van der Waals surface area contributed by atoms with E-state index in [4.69, 9.17) is 4.74 Å². The van der Waals surface area contributed by atoms with Gasteiger partial charge < -0.3 is 15.4 Å². The number of alkyl carbamates (subject to hydrolysis) is 1. The Morgan fingerprint density at radius 2 is 1.69 bits per heavy atom. The average Bonchev–Trinajstić information content (AvgIpc) is 3.30. The van der Waals surface area contributed by atoms with Crippen molar-refractivity contribution in [2.24, 2.45) is 0 Å². The minimum atomic E-state index is -1.02. The fraction of sp³-hybridized carbons (Fsp3) is 0.160. The number of tetrazole rings is 1. The van der Waals surface area contributed by atoms with E-state index in [-0.39, 0.29) is 18.7 Å². The average molecular weight is 474 g/mol. The molecule has 1 heterocycles. The van der Waals surface area contributed by atoms with Gasteiger partial charge in [0.25, 0.3) is 0 Å². The summed E-state index contributed by atoms with van der Waals surface area (Å²) in [6.07, 6.45) is -0.580. The van der Waals surface area contributed by atoms with Gasteiger partial charge in [-0.15, -0.1) is 5.10 Å². The van der Waals surface area contributed by atoms with Crippen LogP contribution in [0.15, 0.2) is 78.9 Å². The summed E-state index contributed by atoms with van der Waals surface area (Å²) in [6.45, 7) is 1.75. The van der Waals surface area contributed by atoms with Gasteiger partial charge in [-0.3, -0.25) is 4.79 Å². The van der Waals surface area contributed by atoms with Crippen LogP contribution in [0.3, 0.4) is 0 Å². The fourth-order valence-electron chi connectivity index (χ4n) is 3.40. The smallest absolute Gasteiger partial charge is 0.408 e. The number of halogens is 1. The Balaban J connectivity index is 1.50. The van der Waals surface area contributed by atoms with Crippen LogP contribution in [0.4, 0.5) is 14.9 Å². The molecule has 35 heavy (non-hydrogen) atoms. The summed E-state index contributed by atoms with van der Waals surface area (Å²) in [4.78, 5) is 25.6. The van der Waals surface area contributed by atoms with Crippen molar-refractivity contribution in [3.63, 3.8) is 0 Å². The van der Waals surface area contributed by atoms with Crippen molar-refractivity contribution in [2.75, 3.05) is 5.32 Å². The number of carbonyl (C=O) groups is 2.